The van der Waals surface area contributed by atoms with Crippen molar-refractivity contribution in [2.24, 2.45) is 5.92 Å². The van der Waals surface area contributed by atoms with Gasteiger partial charge in [0, 0.05) is 18.0 Å². The van der Waals surface area contributed by atoms with E-state index in [0.717, 1.165) is 34.9 Å². The van der Waals surface area contributed by atoms with Crippen molar-refractivity contribution >= 4 is 10.9 Å². The molecule has 2 heteroatoms. The summed E-state index contributed by atoms with van der Waals surface area (Å²) in [6, 6.07) is 13.8. The smallest absolute Gasteiger partial charge is 0.123 e. The molecule has 2 saturated carbocycles. The molecule has 2 aliphatic carbocycles. The second-order valence-corrected chi connectivity index (χ2v) is 7.95. The number of benzene rings is 2. The SMILES string of the molecule is CC1CCC1.CCc1c(-c2ccc(C3CC3)cc2)[nH]c2ccc(F)cc12.[HH]. The van der Waals surface area contributed by atoms with E-state index in [1.54, 1.807) is 6.07 Å². The predicted octanol–water partition coefficient (Wildman–Crippen LogP) is 7.47. The lowest BCUT2D eigenvalue weighted by Crippen LogP contribution is -2.04. The monoisotopic (exact) mass is 351 g/mol. The van der Waals surface area contributed by atoms with E-state index >= 15 is 0 Å². The summed E-state index contributed by atoms with van der Waals surface area (Å²) in [5.41, 5.74) is 5.96. The molecule has 2 aromatic carbocycles. The summed E-state index contributed by atoms with van der Waals surface area (Å²) in [5, 5.41) is 0.999. The van der Waals surface area contributed by atoms with Crippen molar-refractivity contribution in [2.45, 2.75) is 58.3 Å². The number of fused-ring (bicyclic) bond motifs is 1. The average Bonchev–Trinajstić information content (AvgIpc) is 3.42. The Hall–Kier alpha value is -2.09. The van der Waals surface area contributed by atoms with E-state index in [-0.39, 0.29) is 7.24 Å². The van der Waals surface area contributed by atoms with Crippen LogP contribution in [0.15, 0.2) is 42.5 Å². The maximum Gasteiger partial charge on any atom is 0.123 e. The van der Waals surface area contributed by atoms with Crippen molar-refractivity contribution < 1.29 is 5.82 Å². The minimum absolute atomic E-state index is 0. The summed E-state index contributed by atoms with van der Waals surface area (Å²) in [6.07, 6.45) is 8.00. The van der Waals surface area contributed by atoms with Crippen molar-refractivity contribution in [1.82, 2.24) is 4.98 Å². The number of nitrogens with one attached hydrogen (secondary N) is 1. The maximum atomic E-state index is 13.5. The third kappa shape index (κ3) is 3.56. The van der Waals surface area contributed by atoms with Gasteiger partial charge < -0.3 is 4.98 Å². The van der Waals surface area contributed by atoms with Gasteiger partial charge in [-0.2, -0.15) is 0 Å². The molecule has 0 aliphatic heterocycles. The van der Waals surface area contributed by atoms with Gasteiger partial charge in [-0.1, -0.05) is 57.4 Å². The summed E-state index contributed by atoms with van der Waals surface area (Å²) in [4.78, 5) is 3.46. The number of hydrogen-bond donors (Lipinski definition) is 1. The molecule has 0 atom stereocenters. The second kappa shape index (κ2) is 7.26. The number of aromatic amines is 1. The highest BCUT2D eigenvalue weighted by molar-refractivity contribution is 5.90. The van der Waals surface area contributed by atoms with Gasteiger partial charge in [-0.25, -0.2) is 4.39 Å². The molecular weight excluding hydrogens is 321 g/mol. The van der Waals surface area contributed by atoms with Gasteiger partial charge in [0.1, 0.15) is 5.82 Å². The third-order valence-corrected chi connectivity index (χ3v) is 5.86. The lowest BCUT2D eigenvalue weighted by Gasteiger charge is -2.18. The molecule has 0 unspecified atom stereocenters. The summed E-state index contributed by atoms with van der Waals surface area (Å²) in [5.74, 6) is 1.67. The standard InChI is InChI=1S/C19H18FN.C5H10.H2/c1-2-16-17-11-15(20)9-10-18(17)21-19(16)14-7-5-13(6-8-14)12-3-4-12;1-5-3-2-4-5;/h5-12,21H,2-4H2,1H3;5H,2-4H2,1H3;1H. The Bertz CT molecular complexity index is 889. The van der Waals surface area contributed by atoms with Gasteiger partial charge in [-0.05, 0) is 66.0 Å². The fraction of sp³-hybridized carbons (Fsp3) is 0.417. The van der Waals surface area contributed by atoms with Gasteiger partial charge >= 0.3 is 0 Å². The molecule has 2 aliphatic rings. The number of aryl methyl sites for hydroxylation is 1. The van der Waals surface area contributed by atoms with Gasteiger partial charge in [0.25, 0.3) is 0 Å². The minimum Gasteiger partial charge on any atom is -0.354 e. The van der Waals surface area contributed by atoms with Gasteiger partial charge in [0.15, 0.2) is 0 Å². The highest BCUT2D eigenvalue weighted by atomic mass is 19.1. The highest BCUT2D eigenvalue weighted by Gasteiger charge is 2.23. The number of aromatic nitrogens is 1. The van der Waals surface area contributed by atoms with Gasteiger partial charge in [-0.3, -0.25) is 0 Å². The van der Waals surface area contributed by atoms with Crippen molar-refractivity contribution in [3.63, 3.8) is 0 Å². The Balaban J connectivity index is 0.000000306. The zero-order valence-corrected chi connectivity index (χ0v) is 15.8. The number of halogens is 1. The van der Waals surface area contributed by atoms with Crippen LogP contribution in [-0.4, -0.2) is 4.98 Å². The van der Waals surface area contributed by atoms with Crippen LogP contribution >= 0.6 is 0 Å². The Morgan fingerprint density at radius 1 is 1.04 bits per heavy atom. The fourth-order valence-electron chi connectivity index (χ4n) is 3.78. The third-order valence-electron chi connectivity index (χ3n) is 5.86. The first-order valence-electron chi connectivity index (χ1n) is 10.1. The molecule has 5 rings (SSSR count). The van der Waals surface area contributed by atoms with E-state index < -0.39 is 0 Å². The van der Waals surface area contributed by atoms with Crippen LogP contribution in [0.5, 0.6) is 0 Å². The first-order chi connectivity index (χ1) is 12.7. The molecule has 3 aromatic rings. The molecule has 0 spiro atoms. The van der Waals surface area contributed by atoms with Crippen LogP contribution in [0.3, 0.4) is 0 Å². The Morgan fingerprint density at radius 2 is 1.73 bits per heavy atom. The number of H-pyrrole nitrogens is 1. The lowest BCUT2D eigenvalue weighted by molar-refractivity contribution is 0.346. The van der Waals surface area contributed by atoms with E-state index in [0.29, 0.717) is 0 Å². The van der Waals surface area contributed by atoms with Crippen LogP contribution in [0.25, 0.3) is 22.2 Å². The molecule has 2 fully saturated rings. The molecule has 1 nitrogen and oxygen atoms in total. The van der Waals surface area contributed by atoms with Crippen LogP contribution in [-0.2, 0) is 6.42 Å². The largest absolute Gasteiger partial charge is 0.354 e. The zero-order chi connectivity index (χ0) is 18.1. The number of hydrogen-bond acceptors (Lipinski definition) is 0. The quantitative estimate of drug-likeness (QED) is 0.504. The van der Waals surface area contributed by atoms with Crippen LogP contribution in [0, 0.1) is 11.7 Å². The van der Waals surface area contributed by atoms with Gasteiger partial charge in [0.2, 0.25) is 0 Å². The molecule has 1 aromatic heterocycles. The van der Waals surface area contributed by atoms with E-state index in [2.05, 4.69) is 43.1 Å². The topological polar surface area (TPSA) is 15.8 Å². The maximum absolute atomic E-state index is 13.5. The van der Waals surface area contributed by atoms with E-state index in [1.807, 2.05) is 6.07 Å². The first-order valence-corrected chi connectivity index (χ1v) is 10.1. The van der Waals surface area contributed by atoms with Crippen molar-refractivity contribution in [1.29, 1.82) is 0 Å². The summed E-state index contributed by atoms with van der Waals surface area (Å²) in [6.45, 7) is 4.43. The Kier molecular flexibility index (Phi) is 4.84. The first kappa shape index (κ1) is 17.3. The predicted molar refractivity (Wildman–Crippen MR) is 110 cm³/mol. The Morgan fingerprint density at radius 3 is 2.27 bits per heavy atom. The molecular formula is C24H30FN. The number of rotatable bonds is 3. The van der Waals surface area contributed by atoms with Crippen molar-refractivity contribution in [3.8, 4) is 11.3 Å². The van der Waals surface area contributed by atoms with Crippen LogP contribution in [0.2, 0.25) is 0 Å². The van der Waals surface area contributed by atoms with Crippen LogP contribution in [0.4, 0.5) is 4.39 Å². The minimum atomic E-state index is -0.174. The second-order valence-electron chi connectivity index (χ2n) is 7.95. The summed E-state index contributed by atoms with van der Waals surface area (Å²) < 4.78 is 13.5. The molecule has 1 heterocycles. The van der Waals surface area contributed by atoms with Crippen LogP contribution in [0.1, 0.15) is 64.4 Å². The van der Waals surface area contributed by atoms with E-state index in [4.69, 9.17) is 0 Å². The average molecular weight is 352 g/mol. The summed E-state index contributed by atoms with van der Waals surface area (Å²) in [7, 11) is 0. The van der Waals surface area contributed by atoms with E-state index in [1.165, 1.54) is 54.9 Å². The lowest BCUT2D eigenvalue weighted by atomic mass is 9.88. The van der Waals surface area contributed by atoms with Crippen molar-refractivity contribution in [3.05, 3.63) is 59.4 Å². The van der Waals surface area contributed by atoms with Crippen LogP contribution < -0.4 is 0 Å². The molecule has 0 amide bonds. The van der Waals surface area contributed by atoms with Crippen molar-refractivity contribution in [2.75, 3.05) is 0 Å². The van der Waals surface area contributed by atoms with Gasteiger partial charge in [0.05, 0.1) is 0 Å². The molecule has 138 valence electrons. The zero-order valence-electron chi connectivity index (χ0n) is 15.8. The molecule has 1 N–H and O–H groups in total. The normalized spacial score (nSPS) is 16.9. The van der Waals surface area contributed by atoms with E-state index in [9.17, 15) is 4.39 Å². The molecule has 0 radical (unpaired) electrons. The summed E-state index contributed by atoms with van der Waals surface area (Å²) >= 11 is 0. The fourth-order valence-corrected chi connectivity index (χ4v) is 3.78. The van der Waals surface area contributed by atoms with Gasteiger partial charge in [-0.15, -0.1) is 0 Å². The molecule has 0 saturated heterocycles. The highest BCUT2D eigenvalue weighted by Crippen LogP contribution is 2.41. The molecule has 26 heavy (non-hydrogen) atoms. The Labute approximate surface area is 157 Å². The molecule has 0 bridgehead atoms.